The Hall–Kier alpha value is -5.94. The van der Waals surface area contributed by atoms with Gasteiger partial charge >= 0.3 is 0 Å². The Morgan fingerprint density at radius 1 is 0.486 bits per heavy atom. The molecule has 0 radical (unpaired) electrons. The molecule has 4 heterocycles. The normalized spacial score (nSPS) is 11.2. The molecule has 0 saturated heterocycles. The topological polar surface area (TPSA) is 138 Å². The standard InChI is InChI=1S/C26H13N11/c27-14-18-12-7-13-19(15-28)20(18)23-31-26-36-24(29-21(33-36)16-8-3-1-4-9-16)35-25(37(26)34-23)30-22(32-35)17-10-5-2-6-11-17/h1-13H. The van der Waals surface area contributed by atoms with E-state index >= 15 is 0 Å². The van der Waals surface area contributed by atoms with Gasteiger partial charge in [-0.15, -0.1) is 15.3 Å². The van der Waals surface area contributed by atoms with Crippen LogP contribution in [-0.2, 0) is 0 Å². The first-order valence-corrected chi connectivity index (χ1v) is 11.2. The van der Waals surface area contributed by atoms with Gasteiger partial charge in [-0.3, -0.25) is 0 Å². The van der Waals surface area contributed by atoms with E-state index in [-0.39, 0.29) is 17.0 Å². The SMILES string of the molecule is N#Cc1cccc(C#N)c1-c1nc2n3nc(-c4ccccc4)nc3n3nc(-c4ccccc4)nc3n2n1. The molecule has 0 aliphatic carbocycles. The van der Waals surface area contributed by atoms with Crippen molar-refractivity contribution in [2.24, 2.45) is 0 Å². The first kappa shape index (κ1) is 20.4. The number of rotatable bonds is 3. The minimum atomic E-state index is 0.198. The molecule has 0 saturated carbocycles. The van der Waals surface area contributed by atoms with Crippen LogP contribution in [0, 0.1) is 22.7 Å². The molecule has 37 heavy (non-hydrogen) atoms. The van der Waals surface area contributed by atoms with Crippen LogP contribution in [-0.4, -0.2) is 43.8 Å². The van der Waals surface area contributed by atoms with Crippen molar-refractivity contribution in [2.45, 2.75) is 0 Å². The van der Waals surface area contributed by atoms with Crippen LogP contribution in [0.3, 0.4) is 0 Å². The average molecular weight is 479 g/mol. The van der Waals surface area contributed by atoms with Crippen LogP contribution in [0.1, 0.15) is 11.1 Å². The molecule has 0 amide bonds. The van der Waals surface area contributed by atoms with Crippen LogP contribution >= 0.6 is 0 Å². The Morgan fingerprint density at radius 3 is 1.32 bits per heavy atom. The summed E-state index contributed by atoms with van der Waals surface area (Å²) < 4.78 is 4.60. The highest BCUT2D eigenvalue weighted by Gasteiger charge is 2.23. The Labute approximate surface area is 208 Å². The van der Waals surface area contributed by atoms with Crippen LogP contribution in [0.2, 0.25) is 0 Å². The maximum atomic E-state index is 9.70. The van der Waals surface area contributed by atoms with E-state index in [1.165, 1.54) is 9.03 Å². The zero-order chi connectivity index (χ0) is 24.9. The number of hydrogen-bond acceptors (Lipinski definition) is 8. The van der Waals surface area contributed by atoms with E-state index in [2.05, 4.69) is 17.2 Å². The Kier molecular flexibility index (Phi) is 4.31. The fraction of sp³-hybridized carbons (Fsp3) is 0. The quantitative estimate of drug-likeness (QED) is 0.375. The summed E-state index contributed by atoms with van der Waals surface area (Å²) in [6.07, 6.45) is 0. The summed E-state index contributed by atoms with van der Waals surface area (Å²) in [5.41, 5.74) is 2.56. The van der Waals surface area contributed by atoms with Crippen molar-refractivity contribution in [3.8, 4) is 46.3 Å². The lowest BCUT2D eigenvalue weighted by molar-refractivity contribution is 0.817. The fourth-order valence-corrected chi connectivity index (χ4v) is 4.23. The van der Waals surface area contributed by atoms with Gasteiger partial charge in [-0.1, -0.05) is 66.7 Å². The molecule has 172 valence electrons. The lowest BCUT2D eigenvalue weighted by Gasteiger charge is -2.00. The lowest BCUT2D eigenvalue weighted by atomic mass is 10.0. The van der Waals surface area contributed by atoms with Crippen molar-refractivity contribution in [1.82, 2.24) is 43.8 Å². The van der Waals surface area contributed by atoms with Gasteiger partial charge in [-0.2, -0.15) is 39.0 Å². The predicted octanol–water partition coefficient (Wildman–Crippen LogP) is 3.56. The highest BCUT2D eigenvalue weighted by molar-refractivity contribution is 5.73. The van der Waals surface area contributed by atoms with Crippen LogP contribution in [0.25, 0.3) is 51.5 Å². The molecule has 0 bridgehead atoms. The van der Waals surface area contributed by atoms with Crippen molar-refractivity contribution >= 4 is 17.3 Å². The average Bonchev–Trinajstić information content (AvgIpc) is 3.70. The van der Waals surface area contributed by atoms with Gasteiger partial charge in [-0.05, 0) is 12.1 Å². The number of aromatic nitrogens is 9. The summed E-state index contributed by atoms with van der Waals surface area (Å²) in [5, 5.41) is 33.5. The van der Waals surface area contributed by atoms with Gasteiger partial charge in [0.05, 0.1) is 28.8 Å². The number of fused-ring (bicyclic) bond motifs is 6. The molecule has 7 aromatic rings. The molecule has 0 N–H and O–H groups in total. The molecular formula is C26H13N11. The third-order valence-electron chi connectivity index (χ3n) is 5.93. The van der Waals surface area contributed by atoms with Crippen molar-refractivity contribution in [1.29, 1.82) is 10.5 Å². The summed E-state index contributed by atoms with van der Waals surface area (Å²) >= 11 is 0. The smallest absolute Gasteiger partial charge is 0.192 e. The summed E-state index contributed by atoms with van der Waals surface area (Å²) in [7, 11) is 0. The number of benzene rings is 3. The van der Waals surface area contributed by atoms with E-state index < -0.39 is 0 Å². The van der Waals surface area contributed by atoms with E-state index in [4.69, 9.17) is 25.1 Å². The molecule has 0 aliphatic rings. The Bertz CT molecular complexity index is 1910. The molecular weight excluding hydrogens is 466 g/mol. The van der Waals surface area contributed by atoms with Gasteiger partial charge in [0.2, 0.25) is 0 Å². The minimum Gasteiger partial charge on any atom is -0.192 e. The molecule has 0 unspecified atom stereocenters. The van der Waals surface area contributed by atoms with E-state index in [9.17, 15) is 10.5 Å². The third kappa shape index (κ3) is 3.05. The fourth-order valence-electron chi connectivity index (χ4n) is 4.23. The Balaban J connectivity index is 1.59. The largest absolute Gasteiger partial charge is 0.260 e. The maximum Gasteiger partial charge on any atom is 0.260 e. The van der Waals surface area contributed by atoms with Gasteiger partial charge in [0.15, 0.2) is 17.5 Å². The molecule has 0 fully saturated rings. The molecule has 0 spiro atoms. The summed E-state index contributed by atoms with van der Waals surface area (Å²) in [5.74, 6) is 2.22. The van der Waals surface area contributed by atoms with Gasteiger partial charge in [0.25, 0.3) is 17.3 Å². The predicted molar refractivity (Wildman–Crippen MR) is 132 cm³/mol. The second kappa shape index (κ2) is 7.80. The molecule has 0 aliphatic heterocycles. The second-order valence-electron chi connectivity index (χ2n) is 8.13. The van der Waals surface area contributed by atoms with E-state index in [0.717, 1.165) is 11.1 Å². The van der Waals surface area contributed by atoms with Crippen LogP contribution in [0.5, 0.6) is 0 Å². The molecule has 4 aromatic heterocycles. The van der Waals surface area contributed by atoms with Crippen LogP contribution in [0.15, 0.2) is 78.9 Å². The summed E-state index contributed by atoms with van der Waals surface area (Å²) in [4.78, 5) is 14.2. The molecule has 7 rings (SSSR count). The van der Waals surface area contributed by atoms with Gasteiger partial charge in [0, 0.05) is 11.1 Å². The van der Waals surface area contributed by atoms with Crippen molar-refractivity contribution < 1.29 is 0 Å². The minimum absolute atomic E-state index is 0.198. The van der Waals surface area contributed by atoms with E-state index in [1.807, 2.05) is 60.7 Å². The molecule has 11 nitrogen and oxygen atoms in total. The lowest BCUT2D eigenvalue weighted by Crippen LogP contribution is -2.06. The molecule has 3 aromatic carbocycles. The van der Waals surface area contributed by atoms with Crippen molar-refractivity contribution in [2.75, 3.05) is 0 Å². The van der Waals surface area contributed by atoms with E-state index in [1.54, 1.807) is 22.7 Å². The zero-order valence-corrected chi connectivity index (χ0v) is 18.9. The summed E-state index contributed by atoms with van der Waals surface area (Å²) in [6.45, 7) is 0. The first-order chi connectivity index (χ1) is 18.2. The van der Waals surface area contributed by atoms with Crippen molar-refractivity contribution in [3.63, 3.8) is 0 Å². The zero-order valence-electron chi connectivity index (χ0n) is 18.9. The number of hydrogen-bond donors (Lipinski definition) is 0. The van der Waals surface area contributed by atoms with Crippen LogP contribution < -0.4 is 0 Å². The van der Waals surface area contributed by atoms with Crippen molar-refractivity contribution in [3.05, 3.63) is 90.0 Å². The number of nitrogens with zero attached hydrogens (tertiary/aromatic N) is 11. The number of nitriles is 2. The van der Waals surface area contributed by atoms with Gasteiger partial charge in [-0.25, -0.2) is 0 Å². The van der Waals surface area contributed by atoms with Crippen LogP contribution in [0.4, 0.5) is 0 Å². The van der Waals surface area contributed by atoms with Gasteiger partial charge < -0.3 is 0 Å². The second-order valence-corrected chi connectivity index (χ2v) is 8.13. The van der Waals surface area contributed by atoms with E-state index in [0.29, 0.717) is 34.5 Å². The van der Waals surface area contributed by atoms with Gasteiger partial charge in [0.1, 0.15) is 0 Å². The maximum absolute atomic E-state index is 9.70. The third-order valence-corrected chi connectivity index (χ3v) is 5.93. The Morgan fingerprint density at radius 2 is 0.892 bits per heavy atom. The summed E-state index contributed by atoms with van der Waals surface area (Å²) in [6, 6.07) is 28.3. The highest BCUT2D eigenvalue weighted by Crippen LogP contribution is 2.27. The molecule has 11 heteroatoms. The first-order valence-electron chi connectivity index (χ1n) is 11.2. The molecule has 0 atom stereocenters. The monoisotopic (exact) mass is 479 g/mol. The highest BCUT2D eigenvalue weighted by atomic mass is 15.5.